The molecule has 1 amide bonds. The lowest BCUT2D eigenvalue weighted by atomic mass is 10.0. The van der Waals surface area contributed by atoms with Gasteiger partial charge < -0.3 is 21.1 Å². The summed E-state index contributed by atoms with van der Waals surface area (Å²) in [6.07, 6.45) is 0.987. The molecule has 1 aromatic heterocycles. The Labute approximate surface area is 110 Å². The lowest BCUT2D eigenvalue weighted by molar-refractivity contribution is 0.0927. The average molecular weight is 270 g/mol. The molecule has 1 aromatic rings. The molecule has 0 radical (unpaired) electrons. The van der Waals surface area contributed by atoms with Gasteiger partial charge in [-0.15, -0.1) is 0 Å². The van der Waals surface area contributed by atoms with Crippen LogP contribution in [0.25, 0.3) is 0 Å². The third-order valence-corrected chi connectivity index (χ3v) is 4.19. The number of carbonyl (C=O) groups excluding carboxylic acids is 1. The number of aromatic nitrogens is 1. The Morgan fingerprint density at radius 3 is 3.00 bits per heavy atom. The van der Waals surface area contributed by atoms with Crippen molar-refractivity contribution < 1.29 is 9.53 Å². The molecule has 2 atom stereocenters. The molecule has 7 heteroatoms. The van der Waals surface area contributed by atoms with Crippen LogP contribution in [0.5, 0.6) is 0 Å². The minimum atomic E-state index is -0.161. The predicted molar refractivity (Wildman–Crippen MR) is 71.9 cm³/mol. The molecule has 4 N–H and O–H groups in total. The van der Waals surface area contributed by atoms with Gasteiger partial charge in [0, 0.05) is 25.6 Å². The van der Waals surface area contributed by atoms with Crippen LogP contribution in [0.1, 0.15) is 23.0 Å². The van der Waals surface area contributed by atoms with Gasteiger partial charge in [-0.3, -0.25) is 4.79 Å². The van der Waals surface area contributed by atoms with Crippen molar-refractivity contribution in [3.05, 3.63) is 4.88 Å². The number of rotatable bonds is 4. The van der Waals surface area contributed by atoms with Gasteiger partial charge in [0.1, 0.15) is 10.7 Å². The monoisotopic (exact) mass is 270 g/mol. The standard InChI is InChI=1S/C11H18N4O2S/c1-6(7-3-4-17-5-7)14-10(16)8-9(12)15-11(13-2)18-8/h6-7H,3-5,12H2,1-2H3,(H,13,15)(H,14,16). The van der Waals surface area contributed by atoms with Crippen LogP contribution in [-0.4, -0.2) is 37.2 Å². The average Bonchev–Trinajstić information content (AvgIpc) is 2.97. The van der Waals surface area contributed by atoms with E-state index in [0.717, 1.165) is 13.0 Å². The summed E-state index contributed by atoms with van der Waals surface area (Å²) >= 11 is 1.26. The SMILES string of the molecule is CNc1nc(N)c(C(=O)NC(C)C2CCOC2)s1. The lowest BCUT2D eigenvalue weighted by Gasteiger charge is -2.18. The van der Waals surface area contributed by atoms with Gasteiger partial charge in [0.15, 0.2) is 5.13 Å². The van der Waals surface area contributed by atoms with Gasteiger partial charge in [-0.05, 0) is 13.3 Å². The number of nitrogen functional groups attached to an aromatic ring is 1. The van der Waals surface area contributed by atoms with Crippen molar-refractivity contribution in [2.75, 3.05) is 31.3 Å². The Morgan fingerprint density at radius 1 is 1.67 bits per heavy atom. The zero-order chi connectivity index (χ0) is 13.1. The maximum absolute atomic E-state index is 12.1. The fourth-order valence-electron chi connectivity index (χ4n) is 1.94. The Hall–Kier alpha value is -1.34. The van der Waals surface area contributed by atoms with Gasteiger partial charge in [0.25, 0.3) is 5.91 Å². The van der Waals surface area contributed by atoms with E-state index in [1.807, 2.05) is 6.92 Å². The van der Waals surface area contributed by atoms with Crippen molar-refractivity contribution in [3.8, 4) is 0 Å². The van der Waals surface area contributed by atoms with E-state index in [4.69, 9.17) is 10.5 Å². The first-order valence-corrected chi connectivity index (χ1v) is 6.76. The second-order valence-electron chi connectivity index (χ2n) is 4.37. The normalized spacial score (nSPS) is 20.7. The van der Waals surface area contributed by atoms with Crippen LogP contribution < -0.4 is 16.4 Å². The van der Waals surface area contributed by atoms with E-state index < -0.39 is 0 Å². The second kappa shape index (κ2) is 5.53. The number of nitrogens with one attached hydrogen (secondary N) is 2. The van der Waals surface area contributed by atoms with E-state index in [1.165, 1.54) is 11.3 Å². The summed E-state index contributed by atoms with van der Waals surface area (Å²) in [5, 5.41) is 6.49. The van der Waals surface area contributed by atoms with E-state index in [0.29, 0.717) is 22.5 Å². The smallest absolute Gasteiger partial charge is 0.265 e. The Bertz CT molecular complexity index is 429. The Kier molecular flexibility index (Phi) is 4.03. The highest BCUT2D eigenvalue weighted by atomic mass is 32.1. The Balaban J connectivity index is 1.99. The number of amides is 1. The van der Waals surface area contributed by atoms with Crippen molar-refractivity contribution in [1.82, 2.24) is 10.3 Å². The van der Waals surface area contributed by atoms with Gasteiger partial charge >= 0.3 is 0 Å². The molecule has 6 nitrogen and oxygen atoms in total. The van der Waals surface area contributed by atoms with Crippen molar-refractivity contribution in [3.63, 3.8) is 0 Å². The van der Waals surface area contributed by atoms with Gasteiger partial charge in [0.05, 0.1) is 6.61 Å². The quantitative estimate of drug-likeness (QED) is 0.757. The highest BCUT2D eigenvalue weighted by molar-refractivity contribution is 7.18. The molecule has 2 heterocycles. The molecule has 0 saturated carbocycles. The number of hydrogen-bond donors (Lipinski definition) is 3. The number of anilines is 2. The molecule has 2 rings (SSSR count). The minimum Gasteiger partial charge on any atom is -0.382 e. The second-order valence-corrected chi connectivity index (χ2v) is 5.37. The van der Waals surface area contributed by atoms with Crippen molar-refractivity contribution in [2.24, 2.45) is 5.92 Å². The van der Waals surface area contributed by atoms with E-state index in [9.17, 15) is 4.79 Å². The third kappa shape index (κ3) is 2.73. The third-order valence-electron chi connectivity index (χ3n) is 3.10. The molecular weight excluding hydrogens is 252 g/mol. The van der Waals surface area contributed by atoms with Crippen LogP contribution in [0.15, 0.2) is 0 Å². The summed E-state index contributed by atoms with van der Waals surface area (Å²) in [4.78, 5) is 16.6. The highest BCUT2D eigenvalue weighted by Gasteiger charge is 2.25. The molecule has 1 fully saturated rings. The number of nitrogens with two attached hydrogens (primary N) is 1. The number of hydrogen-bond acceptors (Lipinski definition) is 6. The van der Waals surface area contributed by atoms with Crippen LogP contribution in [-0.2, 0) is 4.74 Å². The summed E-state index contributed by atoms with van der Waals surface area (Å²) < 4.78 is 5.32. The first kappa shape index (κ1) is 13.1. The minimum absolute atomic E-state index is 0.0829. The van der Waals surface area contributed by atoms with Gasteiger partial charge in [-0.25, -0.2) is 4.98 Å². The van der Waals surface area contributed by atoms with E-state index in [-0.39, 0.29) is 17.8 Å². The maximum atomic E-state index is 12.1. The predicted octanol–water partition coefficient (Wildman–Crippen LogP) is 0.922. The first-order chi connectivity index (χ1) is 8.61. The lowest BCUT2D eigenvalue weighted by Crippen LogP contribution is -2.38. The van der Waals surface area contributed by atoms with E-state index >= 15 is 0 Å². The molecule has 0 bridgehead atoms. The van der Waals surface area contributed by atoms with Gasteiger partial charge in [-0.1, -0.05) is 11.3 Å². The zero-order valence-electron chi connectivity index (χ0n) is 10.5. The summed E-state index contributed by atoms with van der Waals surface area (Å²) in [5.41, 5.74) is 5.72. The molecule has 2 unspecified atom stereocenters. The van der Waals surface area contributed by atoms with Crippen molar-refractivity contribution in [1.29, 1.82) is 0 Å². The molecule has 1 saturated heterocycles. The molecule has 0 aromatic carbocycles. The zero-order valence-corrected chi connectivity index (χ0v) is 11.3. The number of nitrogens with zero attached hydrogens (tertiary/aromatic N) is 1. The van der Waals surface area contributed by atoms with Crippen molar-refractivity contribution in [2.45, 2.75) is 19.4 Å². The van der Waals surface area contributed by atoms with Crippen LogP contribution in [0.3, 0.4) is 0 Å². The van der Waals surface area contributed by atoms with Gasteiger partial charge in [0.2, 0.25) is 0 Å². The Morgan fingerprint density at radius 2 is 2.44 bits per heavy atom. The molecule has 1 aliphatic heterocycles. The molecule has 0 aliphatic carbocycles. The summed E-state index contributed by atoms with van der Waals surface area (Å²) in [6, 6.07) is 0.0829. The highest BCUT2D eigenvalue weighted by Crippen LogP contribution is 2.25. The van der Waals surface area contributed by atoms with E-state index in [1.54, 1.807) is 7.05 Å². The van der Waals surface area contributed by atoms with Crippen LogP contribution in [0.2, 0.25) is 0 Å². The van der Waals surface area contributed by atoms with Crippen LogP contribution in [0, 0.1) is 5.92 Å². The first-order valence-electron chi connectivity index (χ1n) is 5.94. The fraction of sp³-hybridized carbons (Fsp3) is 0.636. The largest absolute Gasteiger partial charge is 0.382 e. The summed E-state index contributed by atoms with van der Waals surface area (Å²) in [7, 11) is 1.75. The van der Waals surface area contributed by atoms with Gasteiger partial charge in [-0.2, -0.15) is 0 Å². The number of carbonyl (C=O) groups is 1. The molecule has 1 aliphatic rings. The fourth-order valence-corrected chi connectivity index (χ4v) is 2.68. The van der Waals surface area contributed by atoms with E-state index in [2.05, 4.69) is 15.6 Å². The number of ether oxygens (including phenoxy) is 1. The molecule has 18 heavy (non-hydrogen) atoms. The summed E-state index contributed by atoms with van der Waals surface area (Å²) in [6.45, 7) is 3.48. The summed E-state index contributed by atoms with van der Waals surface area (Å²) in [5.74, 6) is 0.495. The number of thiazole rings is 1. The topological polar surface area (TPSA) is 89.3 Å². The maximum Gasteiger partial charge on any atom is 0.265 e. The van der Waals surface area contributed by atoms with Crippen LogP contribution in [0.4, 0.5) is 10.9 Å². The molecule has 100 valence electrons. The van der Waals surface area contributed by atoms with Crippen molar-refractivity contribution >= 4 is 28.2 Å². The molecular formula is C11H18N4O2S. The van der Waals surface area contributed by atoms with Crippen LogP contribution >= 0.6 is 11.3 Å². The molecule has 0 spiro atoms.